The van der Waals surface area contributed by atoms with Gasteiger partial charge in [0.05, 0.1) is 12.7 Å². The van der Waals surface area contributed by atoms with Crippen LogP contribution < -0.4 is 0 Å². The van der Waals surface area contributed by atoms with Crippen LogP contribution >= 0.6 is 0 Å². The Bertz CT molecular complexity index is 581. The van der Waals surface area contributed by atoms with Crippen molar-refractivity contribution in [1.29, 1.82) is 0 Å². The topological polar surface area (TPSA) is 42.1 Å². The van der Waals surface area contributed by atoms with Gasteiger partial charge in [0, 0.05) is 17.1 Å². The van der Waals surface area contributed by atoms with E-state index < -0.39 is 0 Å². The molecule has 1 heterocycles. The van der Waals surface area contributed by atoms with Gasteiger partial charge in [0.25, 0.3) is 0 Å². The molecule has 0 fully saturated rings. The van der Waals surface area contributed by atoms with Crippen LogP contribution in [0.5, 0.6) is 0 Å². The smallest absolute Gasteiger partial charge is 0.337 e. The largest absolute Gasteiger partial charge is 0.465 e. The van der Waals surface area contributed by atoms with E-state index in [4.69, 9.17) is 4.74 Å². The van der Waals surface area contributed by atoms with Gasteiger partial charge < -0.3 is 9.72 Å². The minimum absolute atomic E-state index is 0.305. The number of hydrogen-bond donors (Lipinski definition) is 1. The average Bonchev–Trinajstić information content (AvgIpc) is 2.72. The molecule has 3 heteroatoms. The second-order valence-electron chi connectivity index (χ2n) is 4.01. The van der Waals surface area contributed by atoms with Gasteiger partial charge in [-0.05, 0) is 36.6 Å². The fraction of sp³-hybridized carbons (Fsp3) is 0.214. The molecule has 0 spiro atoms. The van der Waals surface area contributed by atoms with Gasteiger partial charge >= 0.3 is 5.97 Å². The van der Waals surface area contributed by atoms with Gasteiger partial charge in [0.2, 0.25) is 0 Å². The summed E-state index contributed by atoms with van der Waals surface area (Å²) in [6, 6.07) is 3.70. The zero-order valence-electron chi connectivity index (χ0n) is 10.0. The molecule has 17 heavy (non-hydrogen) atoms. The number of aromatic amines is 1. The first-order chi connectivity index (χ1) is 8.17. The molecule has 0 unspecified atom stereocenters. The van der Waals surface area contributed by atoms with E-state index in [1.165, 1.54) is 7.11 Å². The molecule has 0 atom stereocenters. The number of aromatic nitrogens is 1. The maximum atomic E-state index is 11.5. The predicted molar refractivity (Wildman–Crippen MR) is 68.3 cm³/mol. The molecule has 0 saturated carbocycles. The standard InChI is InChI=1S/C14H15NO2/c1-4-5-10-8-15-13-9(2)6-11(7-12(10)13)14(16)17-3/h4,6-8,15H,1,5H2,2-3H3. The molecule has 0 aliphatic carbocycles. The van der Waals surface area contributed by atoms with Crippen LogP contribution in [0.25, 0.3) is 10.9 Å². The van der Waals surface area contributed by atoms with Gasteiger partial charge in [-0.3, -0.25) is 0 Å². The molecule has 0 radical (unpaired) electrons. The SMILES string of the molecule is C=CCc1c[nH]c2c(C)cc(C(=O)OC)cc12. The van der Waals surface area contributed by atoms with Gasteiger partial charge in [-0.25, -0.2) is 4.79 Å². The van der Waals surface area contributed by atoms with E-state index in [1.807, 2.05) is 31.3 Å². The maximum Gasteiger partial charge on any atom is 0.337 e. The number of nitrogens with one attached hydrogen (secondary N) is 1. The number of carbonyl (C=O) groups excluding carboxylic acids is 1. The molecule has 1 N–H and O–H groups in total. The third kappa shape index (κ3) is 1.96. The highest BCUT2D eigenvalue weighted by atomic mass is 16.5. The van der Waals surface area contributed by atoms with Crippen molar-refractivity contribution in [2.45, 2.75) is 13.3 Å². The van der Waals surface area contributed by atoms with Crippen molar-refractivity contribution in [2.24, 2.45) is 0 Å². The molecule has 0 saturated heterocycles. The lowest BCUT2D eigenvalue weighted by Crippen LogP contribution is -2.01. The van der Waals surface area contributed by atoms with Gasteiger partial charge in [-0.1, -0.05) is 6.08 Å². The zero-order chi connectivity index (χ0) is 12.4. The number of hydrogen-bond acceptors (Lipinski definition) is 2. The minimum Gasteiger partial charge on any atom is -0.465 e. The number of carbonyl (C=O) groups is 1. The lowest BCUT2D eigenvalue weighted by atomic mass is 10.0. The Morgan fingerprint density at radius 1 is 1.53 bits per heavy atom. The summed E-state index contributed by atoms with van der Waals surface area (Å²) in [5, 5.41) is 1.06. The molecule has 1 aromatic carbocycles. The molecular weight excluding hydrogens is 214 g/mol. The molecule has 0 amide bonds. The first kappa shape index (κ1) is 11.5. The first-order valence-electron chi connectivity index (χ1n) is 5.47. The highest BCUT2D eigenvalue weighted by Crippen LogP contribution is 2.24. The summed E-state index contributed by atoms with van der Waals surface area (Å²) in [7, 11) is 1.39. The zero-order valence-corrected chi connectivity index (χ0v) is 10.0. The number of benzene rings is 1. The normalized spacial score (nSPS) is 10.5. The van der Waals surface area contributed by atoms with E-state index in [1.54, 1.807) is 0 Å². The number of aryl methyl sites for hydroxylation is 1. The van der Waals surface area contributed by atoms with Crippen molar-refractivity contribution >= 4 is 16.9 Å². The molecule has 2 rings (SSSR count). The molecular formula is C14H15NO2. The highest BCUT2D eigenvalue weighted by Gasteiger charge is 2.11. The summed E-state index contributed by atoms with van der Waals surface area (Å²) in [5.41, 5.74) is 3.83. The van der Waals surface area contributed by atoms with Crippen LogP contribution in [0.4, 0.5) is 0 Å². The maximum absolute atomic E-state index is 11.5. The van der Waals surface area contributed by atoms with E-state index in [9.17, 15) is 4.79 Å². The summed E-state index contributed by atoms with van der Waals surface area (Å²) >= 11 is 0. The van der Waals surface area contributed by atoms with E-state index in [0.717, 1.165) is 28.5 Å². The Hall–Kier alpha value is -2.03. The molecule has 1 aromatic heterocycles. The first-order valence-corrected chi connectivity index (χ1v) is 5.47. The van der Waals surface area contributed by atoms with Crippen LogP contribution in [0.1, 0.15) is 21.5 Å². The molecule has 0 aliphatic rings. The van der Waals surface area contributed by atoms with Gasteiger partial charge in [0.15, 0.2) is 0 Å². The van der Waals surface area contributed by atoms with E-state index in [2.05, 4.69) is 11.6 Å². The predicted octanol–water partition coefficient (Wildman–Crippen LogP) is 2.99. The Balaban J connectivity index is 2.64. The van der Waals surface area contributed by atoms with Crippen LogP contribution in [-0.2, 0) is 11.2 Å². The van der Waals surface area contributed by atoms with Crippen LogP contribution in [-0.4, -0.2) is 18.1 Å². The van der Waals surface area contributed by atoms with Crippen molar-refractivity contribution in [3.05, 3.63) is 47.7 Å². The van der Waals surface area contributed by atoms with E-state index in [0.29, 0.717) is 5.56 Å². The summed E-state index contributed by atoms with van der Waals surface area (Å²) < 4.78 is 4.75. The fourth-order valence-electron chi connectivity index (χ4n) is 2.03. The number of rotatable bonds is 3. The number of esters is 1. The van der Waals surface area contributed by atoms with Crippen LogP contribution in [0.15, 0.2) is 31.0 Å². The van der Waals surface area contributed by atoms with Gasteiger partial charge in [-0.2, -0.15) is 0 Å². The van der Waals surface area contributed by atoms with Gasteiger partial charge in [0.1, 0.15) is 0 Å². The molecule has 3 nitrogen and oxygen atoms in total. The van der Waals surface area contributed by atoms with Crippen LogP contribution in [0, 0.1) is 6.92 Å². The minimum atomic E-state index is -0.305. The quantitative estimate of drug-likeness (QED) is 0.649. The lowest BCUT2D eigenvalue weighted by molar-refractivity contribution is 0.0601. The van der Waals surface area contributed by atoms with E-state index >= 15 is 0 Å². The monoisotopic (exact) mass is 229 g/mol. The Kier molecular flexibility index (Phi) is 3.00. The summed E-state index contributed by atoms with van der Waals surface area (Å²) in [6.45, 7) is 5.71. The van der Waals surface area contributed by atoms with Crippen molar-refractivity contribution in [2.75, 3.05) is 7.11 Å². The van der Waals surface area contributed by atoms with E-state index in [-0.39, 0.29) is 5.97 Å². The lowest BCUT2D eigenvalue weighted by Gasteiger charge is -2.03. The average molecular weight is 229 g/mol. The molecule has 0 aliphatic heterocycles. The summed E-state index contributed by atoms with van der Waals surface area (Å²) in [5.74, 6) is -0.305. The number of fused-ring (bicyclic) bond motifs is 1. The van der Waals surface area contributed by atoms with Crippen molar-refractivity contribution in [3.63, 3.8) is 0 Å². The fourth-order valence-corrected chi connectivity index (χ4v) is 2.03. The third-order valence-corrected chi connectivity index (χ3v) is 2.86. The third-order valence-electron chi connectivity index (χ3n) is 2.86. The summed E-state index contributed by atoms with van der Waals surface area (Å²) in [6.07, 6.45) is 4.59. The van der Waals surface area contributed by atoms with Gasteiger partial charge in [-0.15, -0.1) is 6.58 Å². The van der Waals surface area contributed by atoms with Crippen molar-refractivity contribution in [1.82, 2.24) is 4.98 Å². The highest BCUT2D eigenvalue weighted by molar-refractivity contribution is 5.97. The number of methoxy groups -OCH3 is 1. The summed E-state index contributed by atoms with van der Waals surface area (Å²) in [4.78, 5) is 14.8. The second kappa shape index (κ2) is 4.45. The van der Waals surface area contributed by atoms with Crippen molar-refractivity contribution < 1.29 is 9.53 Å². The van der Waals surface area contributed by atoms with Crippen molar-refractivity contribution in [3.8, 4) is 0 Å². The van der Waals surface area contributed by atoms with Crippen LogP contribution in [0.3, 0.4) is 0 Å². The number of allylic oxidation sites excluding steroid dienone is 1. The Labute approximate surface area is 100 Å². The molecule has 0 bridgehead atoms. The molecule has 88 valence electrons. The number of H-pyrrole nitrogens is 1. The van der Waals surface area contributed by atoms with Crippen LogP contribution in [0.2, 0.25) is 0 Å². The Morgan fingerprint density at radius 3 is 2.94 bits per heavy atom. The Morgan fingerprint density at radius 2 is 2.29 bits per heavy atom. The molecule has 2 aromatic rings. The number of ether oxygens (including phenoxy) is 1. The second-order valence-corrected chi connectivity index (χ2v) is 4.01.